The number of rotatable bonds is 0. The minimum atomic E-state index is -0.250. The summed E-state index contributed by atoms with van der Waals surface area (Å²) in [5, 5.41) is 0. The Morgan fingerprint density at radius 1 is 1.31 bits per heavy atom. The molecule has 0 N–H and O–H groups in total. The Morgan fingerprint density at radius 2 is 1.94 bits per heavy atom. The molecule has 5 heteroatoms. The van der Waals surface area contributed by atoms with Crippen LogP contribution in [0.2, 0.25) is 0 Å². The van der Waals surface area contributed by atoms with Crippen LogP contribution in [0.15, 0.2) is 0 Å². The minimum absolute atomic E-state index is 0.0648. The predicted octanol–water partition coefficient (Wildman–Crippen LogP) is 2.97. The number of hydrogen-bond acceptors (Lipinski definition) is 2. The van der Waals surface area contributed by atoms with Crippen LogP contribution in [0.5, 0.6) is 0 Å². The zero-order chi connectivity index (χ0) is 12.1. The van der Waals surface area contributed by atoms with Gasteiger partial charge in [-0.15, -0.1) is 0 Å². The van der Waals surface area contributed by atoms with Gasteiger partial charge in [0, 0.05) is 0 Å². The van der Waals surface area contributed by atoms with Crippen LogP contribution < -0.4 is 0 Å². The molecule has 1 saturated heterocycles. The first-order valence-electron chi connectivity index (χ1n) is 5.87. The second-order valence-electron chi connectivity index (χ2n) is 5.90. The molecule has 0 aromatic heterocycles. The Kier molecular flexibility index (Phi) is 3.84. The van der Waals surface area contributed by atoms with Gasteiger partial charge in [0.25, 0.3) is 7.12 Å². The summed E-state index contributed by atoms with van der Waals surface area (Å²) < 4.78 is 11.6. The number of halogens is 1. The predicted molar refractivity (Wildman–Crippen MR) is 69.5 cm³/mol. The fraction of sp³-hybridized carbons (Fsp3) is 0.909. The van der Waals surface area contributed by atoms with Crippen molar-refractivity contribution in [2.45, 2.75) is 45.3 Å². The Hall–Kier alpha value is 1.34. The summed E-state index contributed by atoms with van der Waals surface area (Å²) >= 11 is 3.62. The molecule has 0 amide bonds. The summed E-state index contributed by atoms with van der Waals surface area (Å²) in [7, 11) is -0.250. The molecule has 0 aromatic carbocycles. The normalized spacial score (nSPS) is 47.7. The zero-order valence-corrected chi connectivity index (χ0v) is 15.5. The molecule has 4 rings (SSSR count). The van der Waals surface area contributed by atoms with Crippen molar-refractivity contribution in [1.29, 1.82) is 0 Å². The molecule has 4 fully saturated rings. The van der Waals surface area contributed by atoms with Gasteiger partial charge >= 0.3 is 34.5 Å². The number of hydrogen-bond donors (Lipinski definition) is 0. The van der Waals surface area contributed by atoms with Gasteiger partial charge in [-0.3, -0.25) is 0 Å². The van der Waals surface area contributed by atoms with Crippen molar-refractivity contribution in [3.05, 3.63) is 6.82 Å². The van der Waals surface area contributed by atoms with Crippen molar-refractivity contribution in [2.24, 2.45) is 17.3 Å². The van der Waals surface area contributed by atoms with Crippen molar-refractivity contribution < 1.29 is 24.1 Å². The quantitative estimate of drug-likeness (QED) is 0.363. The average Bonchev–Trinajstić information content (AvgIpc) is 2.53. The van der Waals surface area contributed by atoms with Crippen LogP contribution in [0.4, 0.5) is 0 Å². The van der Waals surface area contributed by atoms with Gasteiger partial charge in [0.2, 0.25) is 0 Å². The van der Waals surface area contributed by atoms with Crippen molar-refractivity contribution in [3.8, 4) is 0 Å². The summed E-state index contributed by atoms with van der Waals surface area (Å²) in [5.41, 5.74) is 0.378. The molecule has 3 saturated carbocycles. The van der Waals surface area contributed by atoms with E-state index in [-0.39, 0.29) is 12.7 Å². The molecule has 0 unspecified atom stereocenters. The molecule has 0 aromatic rings. The summed E-state index contributed by atoms with van der Waals surface area (Å²) in [6.07, 6.45) is 2.77. The van der Waals surface area contributed by atoms with Crippen molar-refractivity contribution >= 4 is 26.9 Å². The van der Waals surface area contributed by atoms with E-state index in [1.165, 1.54) is 21.2 Å². The van der Waals surface area contributed by atoms with E-state index in [1.54, 1.807) is 0 Å². The first kappa shape index (κ1) is 13.8. The van der Waals surface area contributed by atoms with Crippen LogP contribution in [0, 0.1) is 24.1 Å². The third kappa shape index (κ3) is 1.76. The topological polar surface area (TPSA) is 18.5 Å². The van der Waals surface area contributed by atoms with Crippen LogP contribution in [-0.4, -0.2) is 18.8 Å². The molecule has 2 bridgehead atoms. The zero-order valence-electron chi connectivity index (χ0n) is 10.3. The SMILES string of the molecule is [CH2-]B1O[C@@H]2C[C@@H]3C[C@@H](C3(C)C)[C@]2(C)O1.[Zn+][I]. The molecule has 86 valence electrons. The maximum absolute atomic E-state index is 5.91. The van der Waals surface area contributed by atoms with Gasteiger partial charge < -0.3 is 16.1 Å². The van der Waals surface area contributed by atoms with Crippen LogP contribution in [0.25, 0.3) is 0 Å². The van der Waals surface area contributed by atoms with E-state index in [2.05, 4.69) is 47.3 Å². The van der Waals surface area contributed by atoms with E-state index in [4.69, 9.17) is 9.31 Å². The third-order valence-corrected chi connectivity index (χ3v) is 5.00. The van der Waals surface area contributed by atoms with Gasteiger partial charge in [-0.1, -0.05) is 13.8 Å². The van der Waals surface area contributed by atoms with Gasteiger partial charge in [0.1, 0.15) is 0 Å². The maximum atomic E-state index is 5.91. The van der Waals surface area contributed by atoms with Crippen LogP contribution >= 0.6 is 19.8 Å². The average molecular weight is 385 g/mol. The van der Waals surface area contributed by atoms with Crippen LogP contribution in [0.3, 0.4) is 0 Å². The fourth-order valence-electron chi connectivity index (χ4n) is 3.95. The van der Waals surface area contributed by atoms with E-state index in [9.17, 15) is 0 Å². The van der Waals surface area contributed by atoms with Crippen molar-refractivity contribution in [2.75, 3.05) is 0 Å². The van der Waals surface area contributed by atoms with E-state index in [0.717, 1.165) is 12.3 Å². The Bertz CT molecular complexity index is 289. The van der Waals surface area contributed by atoms with Gasteiger partial charge in [0.05, 0.1) is 11.7 Å². The molecule has 3 aliphatic carbocycles. The van der Waals surface area contributed by atoms with Gasteiger partial charge in [-0.25, -0.2) is 0 Å². The molecular formula is C11H18BIO2Zn. The fourth-order valence-corrected chi connectivity index (χ4v) is 3.95. The summed E-state index contributed by atoms with van der Waals surface area (Å²) in [4.78, 5) is 0. The van der Waals surface area contributed by atoms with Crippen LogP contribution in [0.1, 0.15) is 33.6 Å². The Labute approximate surface area is 120 Å². The summed E-state index contributed by atoms with van der Waals surface area (Å²) in [6, 6.07) is 0. The molecule has 0 spiro atoms. The van der Waals surface area contributed by atoms with Gasteiger partial charge in [0.15, 0.2) is 0 Å². The standard InChI is InChI=1S/C11H18BO2.HI.Zn/c1-10(2)7-5-8(10)11(3)9(6-7)13-12(4)14-11;;/h7-9H,4-6H2,1-3H3;1H;/q-1;;+2/p-1/t7-,8-,9+,11-;;/m0../s1. The van der Waals surface area contributed by atoms with Gasteiger partial charge in [-0.05, 0) is 37.0 Å². The first-order valence-corrected chi connectivity index (χ1v) is 14.9. The Morgan fingerprint density at radius 3 is 2.50 bits per heavy atom. The Balaban J connectivity index is 0.000000457. The van der Waals surface area contributed by atoms with Crippen LogP contribution in [-0.2, 0) is 24.1 Å². The molecule has 4 aliphatic rings. The van der Waals surface area contributed by atoms with E-state index < -0.39 is 0 Å². The first-order chi connectivity index (χ1) is 7.44. The van der Waals surface area contributed by atoms with Crippen molar-refractivity contribution in [3.63, 3.8) is 0 Å². The molecule has 4 atom stereocenters. The summed E-state index contributed by atoms with van der Waals surface area (Å²) in [6.45, 7) is 10.8. The van der Waals surface area contributed by atoms with Gasteiger partial charge in [-0.2, -0.15) is 0 Å². The van der Waals surface area contributed by atoms with E-state index in [1.807, 2.05) is 0 Å². The molecule has 1 heterocycles. The van der Waals surface area contributed by atoms with E-state index in [0.29, 0.717) is 17.4 Å². The molecule has 0 radical (unpaired) electrons. The molecule has 1 aliphatic heterocycles. The van der Waals surface area contributed by atoms with Crippen molar-refractivity contribution in [1.82, 2.24) is 0 Å². The molecule has 16 heavy (non-hydrogen) atoms. The van der Waals surface area contributed by atoms with E-state index >= 15 is 0 Å². The second-order valence-corrected chi connectivity index (χ2v) is 5.90. The molecule has 2 nitrogen and oxygen atoms in total. The summed E-state index contributed by atoms with van der Waals surface area (Å²) in [5.74, 6) is 1.49. The third-order valence-electron chi connectivity index (χ3n) is 5.00. The second kappa shape index (κ2) is 4.47. The molecular weight excluding hydrogens is 367 g/mol. The monoisotopic (exact) mass is 384 g/mol.